The van der Waals surface area contributed by atoms with Crippen LogP contribution in [0.1, 0.15) is 142 Å². The van der Waals surface area contributed by atoms with Gasteiger partial charge in [0.05, 0.1) is 13.2 Å². The SMILES string of the molecule is CC/C=C\C/C=C\C/C=C\C/C=C\C/C=C\C/C=C\CCCCCOCC(COP(=O)(O)OC1C(O)C(O)C(O)C(O)C1O)OC(=O)CCCCCC/C=C\C/C=C\C/C=C\C/C=C\CC. The van der Waals surface area contributed by atoms with Crippen LogP contribution in [0.5, 0.6) is 0 Å². The Morgan fingerprint density at radius 2 is 0.848 bits per heavy atom. The van der Waals surface area contributed by atoms with Crippen LogP contribution in [0.4, 0.5) is 0 Å². The predicted octanol–water partition coefficient (Wildman–Crippen LogP) is 10.6. The Morgan fingerprint density at radius 1 is 0.485 bits per heavy atom. The number of unbranched alkanes of at least 4 members (excludes halogenated alkanes) is 7. The summed E-state index contributed by atoms with van der Waals surface area (Å²) in [5, 5.41) is 50.3. The van der Waals surface area contributed by atoms with Gasteiger partial charge in [0, 0.05) is 13.0 Å². The van der Waals surface area contributed by atoms with E-state index >= 15 is 0 Å². The van der Waals surface area contributed by atoms with E-state index in [4.69, 9.17) is 18.5 Å². The summed E-state index contributed by atoms with van der Waals surface area (Å²) in [6, 6.07) is 0. The minimum absolute atomic E-state index is 0.119. The maximum atomic E-state index is 12.8. The number of aliphatic hydroxyl groups excluding tert-OH is 5. The molecule has 1 saturated carbocycles. The van der Waals surface area contributed by atoms with Crippen molar-refractivity contribution in [3.05, 3.63) is 122 Å². The standard InChI is InChI=1S/C53H85O12P/c1-3-5-7-9-11-13-15-17-19-21-22-23-24-25-27-29-31-33-35-37-39-41-43-62-44-46(45-63-66(60,61)65-53-51(58)49(56)48(55)50(57)52(53)59)64-47(54)42-40-38-36-34-32-30-28-26-20-18-16-14-12-10-8-6-4-2/h5-8,11-14,17-20,22-23,25,27-28,30-31,33,46,48-53,55-59H,3-4,9-10,15-16,21,24,26,29,32,34-45H2,1-2H3,(H,60,61)/b7-5-,8-6-,13-11-,14-12-,19-17-,20-18-,23-22-,27-25-,30-28-,33-31-. The van der Waals surface area contributed by atoms with Crippen molar-refractivity contribution in [1.82, 2.24) is 0 Å². The van der Waals surface area contributed by atoms with Crippen molar-refractivity contribution in [2.75, 3.05) is 19.8 Å². The smallest absolute Gasteiger partial charge is 0.457 e. The van der Waals surface area contributed by atoms with Gasteiger partial charge in [-0.1, -0.05) is 155 Å². The van der Waals surface area contributed by atoms with Gasteiger partial charge >= 0.3 is 13.8 Å². The molecule has 374 valence electrons. The number of rotatable bonds is 39. The number of hydrogen-bond donors (Lipinski definition) is 6. The van der Waals surface area contributed by atoms with Crippen LogP contribution in [-0.4, -0.2) is 98.9 Å². The van der Waals surface area contributed by atoms with Crippen molar-refractivity contribution in [2.45, 2.75) is 185 Å². The summed E-state index contributed by atoms with van der Waals surface area (Å²) in [4.78, 5) is 23.2. The molecule has 0 amide bonds. The number of phosphoric ester groups is 1. The number of phosphoric acid groups is 1. The Balaban J connectivity index is 2.43. The molecule has 0 aliphatic heterocycles. The average Bonchev–Trinajstić information content (AvgIpc) is 3.30. The molecule has 0 radical (unpaired) electrons. The highest BCUT2D eigenvalue weighted by molar-refractivity contribution is 7.47. The number of carbonyl (C=O) groups excluding carboxylic acids is 1. The largest absolute Gasteiger partial charge is 0.472 e. The maximum Gasteiger partial charge on any atom is 0.472 e. The van der Waals surface area contributed by atoms with Gasteiger partial charge in [0.2, 0.25) is 0 Å². The first-order valence-corrected chi connectivity index (χ1v) is 25.9. The molecule has 13 heteroatoms. The molecule has 0 spiro atoms. The quantitative estimate of drug-likeness (QED) is 0.0148. The van der Waals surface area contributed by atoms with E-state index in [2.05, 4.69) is 135 Å². The Morgan fingerprint density at radius 3 is 1.27 bits per heavy atom. The molecule has 6 unspecified atom stereocenters. The average molecular weight is 945 g/mol. The Labute approximate surface area is 397 Å². The van der Waals surface area contributed by atoms with Crippen LogP contribution in [0.25, 0.3) is 0 Å². The zero-order valence-electron chi connectivity index (χ0n) is 39.9. The number of hydrogen-bond acceptors (Lipinski definition) is 11. The fourth-order valence-electron chi connectivity index (χ4n) is 6.52. The summed E-state index contributed by atoms with van der Waals surface area (Å²) >= 11 is 0. The van der Waals surface area contributed by atoms with Gasteiger partial charge in [-0.05, 0) is 103 Å². The van der Waals surface area contributed by atoms with Gasteiger partial charge in [0.15, 0.2) is 0 Å². The summed E-state index contributed by atoms with van der Waals surface area (Å²) in [6.07, 6.45) is 48.3. The van der Waals surface area contributed by atoms with E-state index < -0.39 is 63.1 Å². The lowest BCUT2D eigenvalue weighted by atomic mass is 9.85. The minimum Gasteiger partial charge on any atom is -0.457 e. The van der Waals surface area contributed by atoms with Gasteiger partial charge < -0.3 is 39.9 Å². The van der Waals surface area contributed by atoms with E-state index in [9.17, 15) is 39.8 Å². The second kappa shape index (κ2) is 41.9. The lowest BCUT2D eigenvalue weighted by Crippen LogP contribution is -2.64. The fourth-order valence-corrected chi connectivity index (χ4v) is 7.50. The highest BCUT2D eigenvalue weighted by Crippen LogP contribution is 2.47. The van der Waals surface area contributed by atoms with Crippen molar-refractivity contribution >= 4 is 13.8 Å². The normalized spacial score (nSPS) is 22.5. The first kappa shape index (κ1) is 60.8. The van der Waals surface area contributed by atoms with E-state index in [1.165, 1.54) is 0 Å². The van der Waals surface area contributed by atoms with Gasteiger partial charge in [-0.3, -0.25) is 13.8 Å². The number of carbonyl (C=O) groups is 1. The zero-order chi connectivity index (χ0) is 48.4. The molecule has 0 bridgehead atoms. The van der Waals surface area contributed by atoms with Gasteiger partial charge in [-0.15, -0.1) is 0 Å². The maximum absolute atomic E-state index is 12.8. The molecule has 1 fully saturated rings. The van der Waals surface area contributed by atoms with E-state index in [-0.39, 0.29) is 13.0 Å². The third kappa shape index (κ3) is 33.3. The third-order valence-corrected chi connectivity index (χ3v) is 11.3. The van der Waals surface area contributed by atoms with Gasteiger partial charge in [0.1, 0.15) is 42.7 Å². The molecule has 0 heterocycles. The van der Waals surface area contributed by atoms with E-state index in [0.29, 0.717) is 13.0 Å². The summed E-state index contributed by atoms with van der Waals surface area (Å²) in [6.45, 7) is 3.90. The van der Waals surface area contributed by atoms with Crippen LogP contribution in [0, 0.1) is 0 Å². The Bertz CT molecular complexity index is 1540. The van der Waals surface area contributed by atoms with Crippen LogP contribution >= 0.6 is 7.82 Å². The first-order chi connectivity index (χ1) is 32.0. The second-order valence-corrected chi connectivity index (χ2v) is 17.6. The van der Waals surface area contributed by atoms with Crippen LogP contribution in [0.2, 0.25) is 0 Å². The summed E-state index contributed by atoms with van der Waals surface area (Å²) in [5.74, 6) is -0.519. The molecule has 0 saturated heterocycles. The molecular weight excluding hydrogens is 860 g/mol. The predicted molar refractivity (Wildman–Crippen MR) is 266 cm³/mol. The van der Waals surface area contributed by atoms with E-state index in [1.54, 1.807) is 0 Å². The first-order valence-electron chi connectivity index (χ1n) is 24.4. The van der Waals surface area contributed by atoms with Crippen LogP contribution in [0.15, 0.2) is 122 Å². The summed E-state index contributed by atoms with van der Waals surface area (Å²) in [7, 11) is -5.05. The second-order valence-electron chi connectivity index (χ2n) is 16.2. The van der Waals surface area contributed by atoms with Crippen molar-refractivity contribution in [1.29, 1.82) is 0 Å². The molecule has 66 heavy (non-hydrogen) atoms. The molecule has 1 aliphatic rings. The van der Waals surface area contributed by atoms with Gasteiger partial charge in [-0.25, -0.2) is 4.57 Å². The van der Waals surface area contributed by atoms with Crippen molar-refractivity contribution < 1.29 is 58.3 Å². The highest BCUT2D eigenvalue weighted by atomic mass is 31.2. The fraction of sp³-hybridized carbons (Fsp3) is 0.604. The van der Waals surface area contributed by atoms with Gasteiger partial charge in [0.25, 0.3) is 0 Å². The summed E-state index contributed by atoms with van der Waals surface area (Å²) < 4.78 is 34.2. The molecule has 1 rings (SSSR count). The Hall–Kier alpha value is -3.26. The lowest BCUT2D eigenvalue weighted by molar-refractivity contribution is -0.220. The molecule has 6 atom stereocenters. The Kier molecular flexibility index (Phi) is 38.6. The molecule has 1 aliphatic carbocycles. The van der Waals surface area contributed by atoms with Crippen LogP contribution in [0.3, 0.4) is 0 Å². The third-order valence-electron chi connectivity index (χ3n) is 10.3. The van der Waals surface area contributed by atoms with Crippen LogP contribution < -0.4 is 0 Å². The van der Waals surface area contributed by atoms with E-state index in [0.717, 1.165) is 116 Å². The molecule has 0 aromatic rings. The number of esters is 1. The monoisotopic (exact) mass is 945 g/mol. The molecular formula is C53H85O12P. The van der Waals surface area contributed by atoms with Crippen molar-refractivity contribution in [3.8, 4) is 0 Å². The molecule has 0 aromatic carbocycles. The topological polar surface area (TPSA) is 192 Å². The number of aliphatic hydroxyl groups is 5. The van der Waals surface area contributed by atoms with Crippen LogP contribution in [-0.2, 0) is 27.9 Å². The van der Waals surface area contributed by atoms with Crippen molar-refractivity contribution in [2.24, 2.45) is 0 Å². The zero-order valence-corrected chi connectivity index (χ0v) is 40.8. The molecule has 6 N–H and O–H groups in total. The van der Waals surface area contributed by atoms with E-state index in [1.807, 2.05) is 0 Å². The summed E-state index contributed by atoms with van der Waals surface area (Å²) in [5.41, 5.74) is 0. The van der Waals surface area contributed by atoms with Crippen molar-refractivity contribution in [3.63, 3.8) is 0 Å². The number of allylic oxidation sites excluding steroid dienone is 20. The van der Waals surface area contributed by atoms with Gasteiger partial charge in [-0.2, -0.15) is 0 Å². The lowest BCUT2D eigenvalue weighted by Gasteiger charge is -2.41. The molecule has 12 nitrogen and oxygen atoms in total. The number of ether oxygens (including phenoxy) is 2. The minimum atomic E-state index is -5.05. The highest BCUT2D eigenvalue weighted by Gasteiger charge is 2.51. The molecule has 0 aromatic heterocycles.